The van der Waals surface area contributed by atoms with Gasteiger partial charge < -0.3 is 36.8 Å². The molecule has 1 saturated heterocycles. The van der Waals surface area contributed by atoms with E-state index in [9.17, 15) is 28.8 Å². The molecule has 2 aliphatic heterocycles. The van der Waals surface area contributed by atoms with Gasteiger partial charge in [-0.2, -0.15) is 0 Å². The Hall–Kier alpha value is -5.28. The Bertz CT molecular complexity index is 2070. The van der Waals surface area contributed by atoms with E-state index in [-0.39, 0.29) is 49.6 Å². The molecule has 0 saturated carbocycles. The largest absolute Gasteiger partial charge is 0.352 e. The van der Waals surface area contributed by atoms with Gasteiger partial charge in [-0.15, -0.1) is 0 Å². The number of carbonyl (C=O) groups is 6. The van der Waals surface area contributed by atoms with Crippen molar-refractivity contribution in [1.82, 2.24) is 26.2 Å². The number of likely N-dealkylation sites (tertiary alicyclic amines) is 1. The number of hydrogen-bond donors (Lipinski definition) is 6. The number of rotatable bonds is 24. The summed E-state index contributed by atoms with van der Waals surface area (Å²) in [7, 11) is 0. The van der Waals surface area contributed by atoms with E-state index in [0.29, 0.717) is 47.5 Å². The Balaban J connectivity index is 1.16. The number of carbonyl (C=O) groups excluding carboxylic acids is 6. The molecule has 0 bridgehead atoms. The number of amides is 7. The molecule has 7 amide bonds. The van der Waals surface area contributed by atoms with E-state index in [1.165, 1.54) is 22.6 Å². The Morgan fingerprint density at radius 1 is 0.797 bits per heavy atom. The van der Waals surface area contributed by atoms with E-state index in [4.69, 9.17) is 28.9 Å². The number of unbranched alkanes of at least 4 members (excludes halogenated alkanes) is 2. The van der Waals surface area contributed by atoms with Crippen LogP contribution in [0.4, 0.5) is 10.5 Å². The monoisotopic (exact) mass is 917 g/mol. The van der Waals surface area contributed by atoms with Crippen molar-refractivity contribution in [2.75, 3.05) is 38.0 Å². The first-order valence-corrected chi connectivity index (χ1v) is 23.1. The molecule has 16 heteroatoms. The molecule has 14 nitrogen and oxygen atoms in total. The van der Waals surface area contributed by atoms with Crippen LogP contribution in [0.25, 0.3) is 0 Å². The van der Waals surface area contributed by atoms with Gasteiger partial charge in [0.2, 0.25) is 17.7 Å². The first-order chi connectivity index (χ1) is 30.7. The maximum Gasteiger partial charge on any atom is 0.312 e. The van der Waals surface area contributed by atoms with Gasteiger partial charge in [0.25, 0.3) is 11.8 Å². The van der Waals surface area contributed by atoms with Crippen LogP contribution >= 0.6 is 23.2 Å². The first-order valence-electron chi connectivity index (χ1n) is 22.3. The fraction of sp³-hybridized carbons (Fsp3) is 0.458. The van der Waals surface area contributed by atoms with E-state index in [2.05, 4.69) is 50.8 Å². The molecule has 3 aromatic rings. The highest BCUT2D eigenvalue weighted by molar-refractivity contribution is 6.35. The van der Waals surface area contributed by atoms with Crippen LogP contribution in [0.15, 0.2) is 84.9 Å². The van der Waals surface area contributed by atoms with Gasteiger partial charge in [0.1, 0.15) is 25.2 Å². The number of nitrogens with two attached hydrogens (primary N) is 1. The summed E-state index contributed by atoms with van der Waals surface area (Å²) in [6.45, 7) is 8.66. The van der Waals surface area contributed by atoms with Crippen LogP contribution in [-0.4, -0.2) is 95.8 Å². The summed E-state index contributed by atoms with van der Waals surface area (Å²) in [5.41, 5.74) is 9.33. The molecule has 0 radical (unpaired) electrons. The SMILES string of the molecule is CC(C)[C@H](NC(=O)CCCCCN1C(=O)C=CC1=O)C(=O)N[C@@H](CCCNC(N)=O)C(=O)Nc1ccc(C[N+]2(Cc3ccccc3)CCC(NCCc3ccc(Cl)cc3Cl)CC2)cc1. The van der Waals surface area contributed by atoms with Crippen molar-refractivity contribution in [3.05, 3.63) is 112 Å². The Labute approximate surface area is 386 Å². The summed E-state index contributed by atoms with van der Waals surface area (Å²) in [4.78, 5) is 76.5. The molecule has 2 aliphatic rings. The number of imide groups is 1. The van der Waals surface area contributed by atoms with Crippen LogP contribution in [-0.2, 0) is 43.5 Å². The molecular formula is C48H63Cl2N8O6+. The number of halogens is 2. The molecule has 0 spiro atoms. The molecule has 0 aromatic heterocycles. The van der Waals surface area contributed by atoms with Gasteiger partial charge in [-0.25, -0.2) is 4.79 Å². The Morgan fingerprint density at radius 2 is 1.47 bits per heavy atom. The fourth-order valence-corrected chi connectivity index (χ4v) is 8.82. The molecule has 2 heterocycles. The van der Waals surface area contributed by atoms with Gasteiger partial charge in [-0.1, -0.05) is 92.0 Å². The van der Waals surface area contributed by atoms with Crippen LogP contribution in [0.3, 0.4) is 0 Å². The van der Waals surface area contributed by atoms with E-state index in [1.807, 2.05) is 56.3 Å². The number of hydrogen-bond acceptors (Lipinski definition) is 7. The first kappa shape index (κ1) is 49.7. The second-order valence-electron chi connectivity index (χ2n) is 17.2. The third-order valence-electron chi connectivity index (χ3n) is 11.9. The van der Waals surface area contributed by atoms with Crippen LogP contribution in [0.1, 0.15) is 81.9 Å². The zero-order valence-corrected chi connectivity index (χ0v) is 38.4. The van der Waals surface area contributed by atoms with E-state index < -0.39 is 29.9 Å². The molecule has 344 valence electrons. The Kier molecular flexibility index (Phi) is 19.2. The molecule has 3 aromatic carbocycles. The number of quaternary nitrogens is 1. The van der Waals surface area contributed by atoms with Gasteiger partial charge in [-0.3, -0.25) is 28.9 Å². The summed E-state index contributed by atoms with van der Waals surface area (Å²) in [5.74, 6) is -2.21. The molecule has 7 N–H and O–H groups in total. The second kappa shape index (κ2) is 24.7. The van der Waals surface area contributed by atoms with Crippen molar-refractivity contribution < 1.29 is 33.3 Å². The van der Waals surface area contributed by atoms with Crippen molar-refractivity contribution in [3.8, 4) is 0 Å². The second-order valence-corrected chi connectivity index (χ2v) is 18.1. The minimum atomic E-state index is -0.969. The highest BCUT2D eigenvalue weighted by Gasteiger charge is 2.35. The molecule has 2 atom stereocenters. The lowest BCUT2D eigenvalue weighted by Gasteiger charge is -2.44. The van der Waals surface area contributed by atoms with Crippen molar-refractivity contribution in [1.29, 1.82) is 0 Å². The highest BCUT2D eigenvalue weighted by Crippen LogP contribution is 2.28. The standard InChI is InChI=1S/C48H62Cl2N8O6/c1-33(2)45(56-42(59)13-7-4-8-27-57-43(60)20-21-44(57)61)47(63)55-41(12-9-25-53-48(51)64)46(62)54-39-18-14-35(15-19-39)32-58(31-34-10-5-3-6-11-34)28-23-38(24-29-58)52-26-22-36-16-17-37(49)30-40(36)50/h3,5-6,10-11,14-21,30,33,38,41,45,52H,4,7-9,12-13,22-29,31-32H2,1-2H3,(H5-,51,53,54,55,56,59,62,63,64)/p+1/t38?,41-,45-,58?/m0/s1. The van der Waals surface area contributed by atoms with Crippen LogP contribution in [0.2, 0.25) is 10.0 Å². The molecule has 5 rings (SSSR count). The molecular weight excluding hydrogens is 855 g/mol. The zero-order chi connectivity index (χ0) is 46.1. The fourth-order valence-electron chi connectivity index (χ4n) is 8.32. The average molecular weight is 919 g/mol. The molecule has 0 unspecified atom stereocenters. The number of nitrogens with zero attached hydrogens (tertiary/aromatic N) is 2. The smallest absolute Gasteiger partial charge is 0.312 e. The number of urea groups is 1. The molecule has 64 heavy (non-hydrogen) atoms. The minimum absolute atomic E-state index is 0.154. The van der Waals surface area contributed by atoms with E-state index >= 15 is 0 Å². The Morgan fingerprint density at radius 3 is 2.11 bits per heavy atom. The number of benzene rings is 3. The van der Waals surface area contributed by atoms with Gasteiger partial charge in [-0.05, 0) is 74.4 Å². The van der Waals surface area contributed by atoms with E-state index in [1.54, 1.807) is 6.07 Å². The average Bonchev–Trinajstić information content (AvgIpc) is 3.58. The predicted molar refractivity (Wildman–Crippen MR) is 250 cm³/mol. The lowest BCUT2D eigenvalue weighted by atomic mass is 9.98. The summed E-state index contributed by atoms with van der Waals surface area (Å²) < 4.78 is 0.902. The van der Waals surface area contributed by atoms with Crippen molar-refractivity contribution >= 4 is 64.5 Å². The number of piperidine rings is 1. The van der Waals surface area contributed by atoms with Crippen molar-refractivity contribution in [3.63, 3.8) is 0 Å². The van der Waals surface area contributed by atoms with Gasteiger partial charge >= 0.3 is 6.03 Å². The summed E-state index contributed by atoms with van der Waals surface area (Å²) in [6, 6.07) is 21.9. The minimum Gasteiger partial charge on any atom is -0.352 e. The topological polar surface area (TPSA) is 192 Å². The summed E-state index contributed by atoms with van der Waals surface area (Å²) in [6.07, 6.45) is 7.77. The van der Waals surface area contributed by atoms with Crippen LogP contribution in [0.5, 0.6) is 0 Å². The normalized spacial score (nSPS) is 18.1. The highest BCUT2D eigenvalue weighted by atomic mass is 35.5. The predicted octanol–water partition coefficient (Wildman–Crippen LogP) is 6.00. The van der Waals surface area contributed by atoms with Gasteiger partial charge in [0, 0.05) is 77.4 Å². The van der Waals surface area contributed by atoms with Crippen molar-refractivity contribution in [2.45, 2.75) is 103 Å². The third kappa shape index (κ3) is 15.8. The van der Waals surface area contributed by atoms with Gasteiger partial charge in [0.05, 0.1) is 13.1 Å². The van der Waals surface area contributed by atoms with Crippen molar-refractivity contribution in [2.24, 2.45) is 11.7 Å². The maximum atomic E-state index is 13.8. The molecule has 0 aliphatic carbocycles. The molecule has 1 fully saturated rings. The van der Waals surface area contributed by atoms with E-state index in [0.717, 1.165) is 67.6 Å². The van der Waals surface area contributed by atoms with Gasteiger partial charge in [0.15, 0.2) is 0 Å². The summed E-state index contributed by atoms with van der Waals surface area (Å²) in [5, 5.41) is 16.2. The van der Waals surface area contributed by atoms with Crippen LogP contribution in [0, 0.1) is 5.92 Å². The maximum absolute atomic E-state index is 13.8. The lowest BCUT2D eigenvalue weighted by molar-refractivity contribution is -0.958. The number of primary amides is 1. The third-order valence-corrected chi connectivity index (χ3v) is 12.5. The zero-order valence-electron chi connectivity index (χ0n) is 36.9. The van der Waals surface area contributed by atoms with Crippen LogP contribution < -0.4 is 32.3 Å². The number of anilines is 1. The lowest BCUT2D eigenvalue weighted by Crippen LogP contribution is -2.55. The summed E-state index contributed by atoms with van der Waals surface area (Å²) >= 11 is 12.5. The quantitative estimate of drug-likeness (QED) is 0.0361. The number of nitrogens with one attached hydrogen (secondary N) is 5.